The molecule has 1 aliphatic heterocycles. The number of β-amino-alcohol motifs (C(OH)–C–C–N with tert-alkyl or cyclic N) is 1. The summed E-state index contributed by atoms with van der Waals surface area (Å²) in [7, 11) is 0. The highest BCUT2D eigenvalue weighted by molar-refractivity contribution is 5.68. The minimum absolute atomic E-state index is 0.0522. The molecule has 7 nitrogen and oxygen atoms in total. The van der Waals surface area contributed by atoms with Crippen molar-refractivity contribution in [2.24, 2.45) is 0 Å². The fourth-order valence-electron chi connectivity index (χ4n) is 2.21. The van der Waals surface area contributed by atoms with Gasteiger partial charge in [0.15, 0.2) is 0 Å². The molecule has 1 fully saturated rings. The minimum atomic E-state index is -0.481. The van der Waals surface area contributed by atoms with E-state index in [2.05, 4.69) is 15.4 Å². The van der Waals surface area contributed by atoms with Crippen LogP contribution in [0.3, 0.4) is 0 Å². The smallest absolute Gasteiger partial charge is 0.407 e. The number of hydrogen-bond acceptors (Lipinski definition) is 6. The lowest BCUT2D eigenvalue weighted by molar-refractivity contribution is -0.129. The number of rotatable bonds is 4. The molecule has 0 spiro atoms. The first-order chi connectivity index (χ1) is 11.8. The molecule has 0 saturated carbocycles. The van der Waals surface area contributed by atoms with Crippen LogP contribution in [0.5, 0.6) is 0 Å². The van der Waals surface area contributed by atoms with Gasteiger partial charge in [-0.2, -0.15) is 0 Å². The van der Waals surface area contributed by atoms with Crippen molar-refractivity contribution in [3.63, 3.8) is 0 Å². The number of ether oxygens (including phenoxy) is 2. The van der Waals surface area contributed by atoms with Crippen LogP contribution >= 0.6 is 0 Å². The van der Waals surface area contributed by atoms with Gasteiger partial charge in [0.2, 0.25) is 0 Å². The maximum absolute atomic E-state index is 11.4. The van der Waals surface area contributed by atoms with Crippen molar-refractivity contribution in [3.05, 3.63) is 35.9 Å². The zero-order chi connectivity index (χ0) is 18.7. The van der Waals surface area contributed by atoms with Gasteiger partial charge in [0.05, 0.1) is 6.10 Å². The SMILES string of the molecule is CC(C)(C)OC(=O)NC1CNCC(O)C1.O=COCc1ccccc1. The summed E-state index contributed by atoms with van der Waals surface area (Å²) >= 11 is 0. The Labute approximate surface area is 148 Å². The molecule has 2 unspecified atom stereocenters. The Morgan fingerprint density at radius 2 is 2.00 bits per heavy atom. The first-order valence-corrected chi connectivity index (χ1v) is 8.27. The number of alkyl carbamates (subject to hydrolysis) is 1. The standard InChI is InChI=1S/C10H20N2O3.C8H8O2/c1-10(2,3)15-9(14)12-7-4-8(13)6-11-5-7;9-7-10-6-8-4-2-1-3-5-8/h7-8,11,13H,4-6H2,1-3H3,(H,12,14);1-5,7H,6H2. The van der Waals surface area contributed by atoms with E-state index in [4.69, 9.17) is 4.74 Å². The number of piperidine rings is 1. The zero-order valence-electron chi connectivity index (χ0n) is 15.0. The van der Waals surface area contributed by atoms with Crippen LogP contribution in [0.2, 0.25) is 0 Å². The lowest BCUT2D eigenvalue weighted by Gasteiger charge is -2.28. The van der Waals surface area contributed by atoms with Crippen LogP contribution in [0.25, 0.3) is 0 Å². The summed E-state index contributed by atoms with van der Waals surface area (Å²) < 4.78 is 9.66. The normalized spacial score (nSPS) is 19.8. The van der Waals surface area contributed by atoms with Crippen molar-refractivity contribution in [2.45, 2.75) is 51.5 Å². The number of carbonyl (C=O) groups excluding carboxylic acids is 2. The molecule has 1 heterocycles. The number of amides is 1. The van der Waals surface area contributed by atoms with Crippen molar-refractivity contribution in [2.75, 3.05) is 13.1 Å². The largest absolute Gasteiger partial charge is 0.463 e. The van der Waals surface area contributed by atoms with E-state index < -0.39 is 17.8 Å². The van der Waals surface area contributed by atoms with Gasteiger partial charge < -0.3 is 25.2 Å². The molecule has 2 atom stereocenters. The summed E-state index contributed by atoms with van der Waals surface area (Å²) in [6.45, 7) is 7.54. The summed E-state index contributed by atoms with van der Waals surface area (Å²) in [5.74, 6) is 0. The molecular weight excluding hydrogens is 324 g/mol. The first-order valence-electron chi connectivity index (χ1n) is 8.27. The third kappa shape index (κ3) is 10.4. The Morgan fingerprint density at radius 1 is 1.32 bits per heavy atom. The molecule has 0 aliphatic carbocycles. The summed E-state index contributed by atoms with van der Waals surface area (Å²) in [6, 6.07) is 9.49. The van der Waals surface area contributed by atoms with Gasteiger partial charge >= 0.3 is 6.09 Å². The maximum atomic E-state index is 11.4. The third-order valence-corrected chi connectivity index (χ3v) is 3.21. The van der Waals surface area contributed by atoms with Gasteiger partial charge in [0.25, 0.3) is 6.47 Å². The van der Waals surface area contributed by atoms with Gasteiger partial charge in [0, 0.05) is 19.1 Å². The van der Waals surface area contributed by atoms with E-state index in [1.807, 2.05) is 51.1 Å². The molecule has 1 saturated heterocycles. The van der Waals surface area contributed by atoms with Crippen LogP contribution in [0.1, 0.15) is 32.8 Å². The van der Waals surface area contributed by atoms with Gasteiger partial charge in [-0.05, 0) is 32.8 Å². The molecular formula is C18H28N2O5. The van der Waals surface area contributed by atoms with Crippen molar-refractivity contribution in [1.29, 1.82) is 0 Å². The van der Waals surface area contributed by atoms with Crippen molar-refractivity contribution < 1.29 is 24.2 Å². The van der Waals surface area contributed by atoms with E-state index >= 15 is 0 Å². The number of aliphatic hydroxyl groups is 1. The predicted octanol–water partition coefficient (Wildman–Crippen LogP) is 1.59. The Morgan fingerprint density at radius 3 is 2.56 bits per heavy atom. The fraction of sp³-hybridized carbons (Fsp3) is 0.556. The van der Waals surface area contributed by atoms with Gasteiger partial charge in [-0.3, -0.25) is 4.79 Å². The zero-order valence-corrected chi connectivity index (χ0v) is 15.0. The van der Waals surface area contributed by atoms with Gasteiger partial charge in [0.1, 0.15) is 12.2 Å². The molecule has 25 heavy (non-hydrogen) atoms. The van der Waals surface area contributed by atoms with Crippen LogP contribution in [0.4, 0.5) is 4.79 Å². The van der Waals surface area contributed by atoms with Crippen LogP contribution < -0.4 is 10.6 Å². The van der Waals surface area contributed by atoms with Crippen molar-refractivity contribution in [3.8, 4) is 0 Å². The summed E-state index contributed by atoms with van der Waals surface area (Å²) in [5, 5.41) is 15.1. The van der Waals surface area contributed by atoms with E-state index in [0.717, 1.165) is 5.56 Å². The number of carbonyl (C=O) groups is 2. The van der Waals surface area contributed by atoms with E-state index in [9.17, 15) is 14.7 Å². The number of hydrogen-bond donors (Lipinski definition) is 3. The molecule has 3 N–H and O–H groups in total. The van der Waals surface area contributed by atoms with E-state index in [-0.39, 0.29) is 6.04 Å². The molecule has 1 aromatic carbocycles. The molecule has 140 valence electrons. The van der Waals surface area contributed by atoms with Crippen LogP contribution in [-0.2, 0) is 20.9 Å². The quantitative estimate of drug-likeness (QED) is 0.712. The maximum Gasteiger partial charge on any atom is 0.407 e. The Kier molecular flexibility index (Phi) is 8.94. The second kappa shape index (κ2) is 10.7. The predicted molar refractivity (Wildman–Crippen MR) is 93.9 cm³/mol. The highest BCUT2D eigenvalue weighted by Gasteiger charge is 2.23. The van der Waals surface area contributed by atoms with Gasteiger partial charge in [-0.15, -0.1) is 0 Å². The van der Waals surface area contributed by atoms with Crippen molar-refractivity contribution in [1.82, 2.24) is 10.6 Å². The monoisotopic (exact) mass is 352 g/mol. The molecule has 1 aliphatic rings. The van der Waals surface area contributed by atoms with E-state index in [0.29, 0.717) is 32.6 Å². The molecule has 0 aromatic heterocycles. The van der Waals surface area contributed by atoms with Crippen LogP contribution in [0, 0.1) is 0 Å². The lowest BCUT2D eigenvalue weighted by Crippen LogP contribution is -2.51. The van der Waals surface area contributed by atoms with Crippen molar-refractivity contribution >= 4 is 12.6 Å². The second-order valence-electron chi connectivity index (χ2n) is 6.78. The highest BCUT2D eigenvalue weighted by Crippen LogP contribution is 2.08. The Hall–Kier alpha value is -2.12. The number of benzene rings is 1. The van der Waals surface area contributed by atoms with Crippen LogP contribution in [-0.4, -0.2) is 48.5 Å². The van der Waals surface area contributed by atoms with Gasteiger partial charge in [-0.1, -0.05) is 30.3 Å². The number of aliphatic hydroxyl groups excluding tert-OH is 1. The molecule has 0 bridgehead atoms. The molecule has 2 rings (SSSR count). The summed E-state index contributed by atoms with van der Waals surface area (Å²) in [4.78, 5) is 21.1. The average molecular weight is 352 g/mol. The topological polar surface area (TPSA) is 96.9 Å². The first kappa shape index (κ1) is 20.9. The van der Waals surface area contributed by atoms with E-state index in [1.165, 1.54) is 0 Å². The Balaban J connectivity index is 0.000000271. The molecule has 0 radical (unpaired) electrons. The van der Waals surface area contributed by atoms with Gasteiger partial charge in [-0.25, -0.2) is 4.79 Å². The summed E-state index contributed by atoms with van der Waals surface area (Å²) in [5.41, 5.74) is 0.528. The summed E-state index contributed by atoms with van der Waals surface area (Å²) in [6.07, 6.45) is -0.242. The molecule has 1 aromatic rings. The van der Waals surface area contributed by atoms with E-state index in [1.54, 1.807) is 0 Å². The average Bonchev–Trinajstić information content (AvgIpc) is 2.52. The third-order valence-electron chi connectivity index (χ3n) is 3.21. The molecule has 7 heteroatoms. The fourth-order valence-corrected chi connectivity index (χ4v) is 2.21. The molecule has 1 amide bonds. The highest BCUT2D eigenvalue weighted by atomic mass is 16.6. The lowest BCUT2D eigenvalue weighted by atomic mass is 10.1. The van der Waals surface area contributed by atoms with Crippen LogP contribution in [0.15, 0.2) is 30.3 Å². The minimum Gasteiger partial charge on any atom is -0.463 e. The Bertz CT molecular complexity index is 516. The number of nitrogens with one attached hydrogen (secondary N) is 2. The second-order valence-corrected chi connectivity index (χ2v) is 6.78.